The number of aryl methyl sites for hydroxylation is 1. The monoisotopic (exact) mass is 707 g/mol. The number of aliphatic hydroxyl groups is 1. The van der Waals surface area contributed by atoms with Crippen molar-refractivity contribution in [1.29, 1.82) is 0 Å². The first-order chi connectivity index (χ1) is 24.3. The predicted molar refractivity (Wildman–Crippen MR) is 211 cm³/mol. The molecule has 7 nitrogen and oxygen atoms in total. The number of β-amino-alcohol motifs (C(OH)–C–C–N with tert-alkyl or cyclic N) is 1. The zero-order chi connectivity index (χ0) is 36.4. The molecule has 8 heteroatoms. The van der Waals surface area contributed by atoms with Crippen LogP contribution in [0.15, 0.2) is 89.7 Å². The molecule has 0 atom stereocenters. The number of rotatable bonds is 10. The molecule has 2 heterocycles. The quantitative estimate of drug-likeness (QED) is 0.182. The van der Waals surface area contributed by atoms with E-state index >= 15 is 0 Å². The summed E-state index contributed by atoms with van der Waals surface area (Å²) in [6.45, 7) is 15.9. The summed E-state index contributed by atoms with van der Waals surface area (Å²) < 4.78 is 9.13. The van der Waals surface area contributed by atoms with Crippen molar-refractivity contribution >= 4 is 35.5 Å². The molecule has 1 amide bonds. The molecule has 2 aliphatic rings. The number of aromatic nitrogens is 1. The maximum Gasteiger partial charge on any atom is 0.264 e. The van der Waals surface area contributed by atoms with Crippen molar-refractivity contribution in [3.8, 4) is 0 Å². The van der Waals surface area contributed by atoms with Gasteiger partial charge in [-0.25, -0.2) is 0 Å². The predicted octanol–water partition coefficient (Wildman–Crippen LogP) is 6.58. The molecule has 2 N–H and O–H groups in total. The second-order valence-electron chi connectivity index (χ2n) is 16.5. The second kappa shape index (κ2) is 15.2. The molecule has 1 aliphatic heterocycles. The highest BCUT2D eigenvalue weighted by Gasteiger charge is 2.52. The molecule has 1 aliphatic carbocycles. The number of pyridine rings is 1. The van der Waals surface area contributed by atoms with E-state index in [0.29, 0.717) is 19.0 Å². The van der Waals surface area contributed by atoms with Crippen molar-refractivity contribution in [1.82, 2.24) is 14.8 Å². The Morgan fingerprint density at radius 3 is 2.06 bits per heavy atom. The minimum Gasteiger partial charge on any atom is -0.404 e. The van der Waals surface area contributed by atoms with E-state index in [0.717, 1.165) is 68.1 Å². The number of hydrogen-bond acceptors (Lipinski definition) is 5. The van der Waals surface area contributed by atoms with Crippen LogP contribution in [0.25, 0.3) is 10.9 Å². The molecule has 4 aromatic rings. The largest absolute Gasteiger partial charge is 0.404 e. The summed E-state index contributed by atoms with van der Waals surface area (Å²) in [7, 11) is -2.64. The molecule has 3 aromatic carbocycles. The third-order valence-electron chi connectivity index (χ3n) is 11.5. The van der Waals surface area contributed by atoms with Crippen LogP contribution in [-0.2, 0) is 4.43 Å². The van der Waals surface area contributed by atoms with Gasteiger partial charge in [-0.2, -0.15) is 0 Å². The molecule has 0 unspecified atom stereocenters. The molecule has 0 bridgehead atoms. The van der Waals surface area contributed by atoms with E-state index in [-0.39, 0.29) is 34.2 Å². The number of carbonyl (C=O) groups excluding carboxylic acids is 1. The Morgan fingerprint density at radius 1 is 0.922 bits per heavy atom. The van der Waals surface area contributed by atoms with Gasteiger partial charge in [0.1, 0.15) is 5.56 Å². The fraction of sp³-hybridized carbons (Fsp3) is 0.488. The summed E-state index contributed by atoms with van der Waals surface area (Å²) in [5, 5.41) is 18.4. The standard InChI is InChI=1S/C43H57N3O4Si/c1-31(2)46-39-19-13-14-32(3)37(39)28-38(41(46)48)40(47)44-29-33-22-26-45(27-23-33)30-43(49)24-20-34(21-25-43)50-51(42(4,5)6,35-15-9-7-10-16-35)36-17-11-8-12-18-36/h7-19,28,31,33-34,49H,20-27,29-30H2,1-6H3,(H,44,47)/t34-,43+. The number of hydrogen-bond donors (Lipinski definition) is 2. The number of fused-ring (bicyclic) bond motifs is 1. The Balaban J connectivity index is 1.04. The highest BCUT2D eigenvalue weighted by Crippen LogP contribution is 2.41. The van der Waals surface area contributed by atoms with Crippen LogP contribution >= 0.6 is 0 Å². The van der Waals surface area contributed by atoms with Gasteiger partial charge in [-0.05, 0) is 111 Å². The lowest BCUT2D eigenvalue weighted by Gasteiger charge is -2.48. The molecule has 6 rings (SSSR count). The van der Waals surface area contributed by atoms with Crippen LogP contribution in [0.3, 0.4) is 0 Å². The van der Waals surface area contributed by atoms with Gasteiger partial charge in [0.05, 0.1) is 11.1 Å². The minimum atomic E-state index is -2.64. The zero-order valence-corrected chi connectivity index (χ0v) is 32.5. The molecule has 272 valence electrons. The van der Waals surface area contributed by atoms with Gasteiger partial charge in [-0.15, -0.1) is 0 Å². The van der Waals surface area contributed by atoms with Crippen molar-refractivity contribution in [3.05, 3.63) is 106 Å². The van der Waals surface area contributed by atoms with Crippen molar-refractivity contribution < 1.29 is 14.3 Å². The van der Waals surface area contributed by atoms with Crippen molar-refractivity contribution in [3.63, 3.8) is 0 Å². The number of nitrogens with one attached hydrogen (secondary N) is 1. The van der Waals surface area contributed by atoms with E-state index in [9.17, 15) is 14.7 Å². The van der Waals surface area contributed by atoms with Gasteiger partial charge in [-0.3, -0.25) is 9.59 Å². The van der Waals surface area contributed by atoms with Crippen LogP contribution < -0.4 is 21.2 Å². The van der Waals surface area contributed by atoms with Crippen LogP contribution in [0, 0.1) is 12.8 Å². The number of amides is 1. The van der Waals surface area contributed by atoms with Gasteiger partial charge in [0.15, 0.2) is 0 Å². The fourth-order valence-electron chi connectivity index (χ4n) is 8.63. The van der Waals surface area contributed by atoms with Gasteiger partial charge in [0, 0.05) is 30.6 Å². The molecular formula is C43H57N3O4Si. The normalized spacial score (nSPS) is 20.9. The first kappa shape index (κ1) is 37.2. The molecule has 1 saturated carbocycles. The van der Waals surface area contributed by atoms with E-state index in [1.54, 1.807) is 10.6 Å². The number of likely N-dealkylation sites (tertiary alicyclic amines) is 1. The highest BCUT2D eigenvalue weighted by molar-refractivity contribution is 6.99. The van der Waals surface area contributed by atoms with Crippen molar-refractivity contribution in [2.75, 3.05) is 26.2 Å². The summed E-state index contributed by atoms with van der Waals surface area (Å²) in [5.41, 5.74) is 1.15. The zero-order valence-electron chi connectivity index (χ0n) is 31.5. The Hall–Kier alpha value is -3.56. The van der Waals surface area contributed by atoms with E-state index in [2.05, 4.69) is 91.7 Å². The van der Waals surface area contributed by atoms with Gasteiger partial charge in [0.2, 0.25) is 0 Å². The van der Waals surface area contributed by atoms with Gasteiger partial charge in [-0.1, -0.05) is 93.6 Å². The summed E-state index contributed by atoms with van der Waals surface area (Å²) in [6, 6.07) is 29.3. The van der Waals surface area contributed by atoms with Crippen LogP contribution in [0.1, 0.15) is 95.1 Å². The SMILES string of the molecule is Cc1cccc2c1cc(C(=O)NCC1CCN(C[C@]3(O)CC[C@@H](O[Si](c4ccccc4)(c4ccccc4)C(C)(C)C)CC3)CC1)c(=O)n2C(C)C. The lowest BCUT2D eigenvalue weighted by molar-refractivity contribution is -0.0544. The highest BCUT2D eigenvalue weighted by atomic mass is 28.4. The first-order valence-corrected chi connectivity index (χ1v) is 20.9. The molecular weight excluding hydrogens is 651 g/mol. The maximum absolute atomic E-state index is 13.4. The summed E-state index contributed by atoms with van der Waals surface area (Å²) in [6.07, 6.45) is 5.14. The number of carbonyl (C=O) groups is 1. The topological polar surface area (TPSA) is 83.8 Å². The number of nitrogens with zero attached hydrogens (tertiary/aromatic N) is 2. The lowest BCUT2D eigenvalue weighted by Crippen LogP contribution is -2.68. The fourth-order valence-corrected chi connectivity index (χ4v) is 13.4. The third-order valence-corrected chi connectivity index (χ3v) is 16.6. The summed E-state index contributed by atoms with van der Waals surface area (Å²) in [5.74, 6) is 0.0401. The van der Waals surface area contributed by atoms with Crippen LogP contribution in [0.4, 0.5) is 0 Å². The van der Waals surface area contributed by atoms with Crippen LogP contribution in [0.2, 0.25) is 5.04 Å². The molecule has 1 saturated heterocycles. The van der Waals surface area contributed by atoms with Crippen LogP contribution in [-0.4, -0.2) is 66.7 Å². The van der Waals surface area contributed by atoms with Crippen LogP contribution in [0.5, 0.6) is 0 Å². The Kier molecular flexibility index (Phi) is 11.1. The molecule has 0 spiro atoms. The Labute approximate surface area is 305 Å². The number of piperidine rings is 1. The number of benzene rings is 3. The van der Waals surface area contributed by atoms with Crippen molar-refractivity contribution in [2.45, 2.75) is 103 Å². The minimum absolute atomic E-state index is 0.0567. The van der Waals surface area contributed by atoms with Gasteiger partial charge >= 0.3 is 0 Å². The molecule has 0 radical (unpaired) electrons. The second-order valence-corrected chi connectivity index (χ2v) is 20.7. The van der Waals surface area contributed by atoms with Gasteiger partial charge in [0.25, 0.3) is 19.8 Å². The molecule has 1 aromatic heterocycles. The molecule has 2 fully saturated rings. The van der Waals surface area contributed by atoms with E-state index in [4.69, 9.17) is 4.43 Å². The molecule has 51 heavy (non-hydrogen) atoms. The van der Waals surface area contributed by atoms with E-state index in [1.807, 2.05) is 39.0 Å². The third kappa shape index (κ3) is 7.80. The summed E-state index contributed by atoms with van der Waals surface area (Å²) >= 11 is 0. The van der Waals surface area contributed by atoms with Crippen molar-refractivity contribution in [2.24, 2.45) is 5.92 Å². The van der Waals surface area contributed by atoms with Gasteiger partial charge < -0.3 is 24.3 Å². The Morgan fingerprint density at radius 2 is 1.51 bits per heavy atom. The smallest absolute Gasteiger partial charge is 0.264 e. The average molecular weight is 708 g/mol. The maximum atomic E-state index is 13.4. The van der Waals surface area contributed by atoms with E-state index in [1.165, 1.54) is 10.4 Å². The Bertz CT molecular complexity index is 1810. The first-order valence-electron chi connectivity index (χ1n) is 19.0. The average Bonchev–Trinajstić information content (AvgIpc) is 3.11. The lowest BCUT2D eigenvalue weighted by atomic mass is 9.82. The summed E-state index contributed by atoms with van der Waals surface area (Å²) in [4.78, 5) is 29.2. The van der Waals surface area contributed by atoms with E-state index < -0.39 is 13.9 Å².